The Morgan fingerprint density at radius 3 is 2.71 bits per heavy atom. The van der Waals surface area contributed by atoms with Crippen LogP contribution in [0.2, 0.25) is 5.02 Å². The summed E-state index contributed by atoms with van der Waals surface area (Å²) in [5.41, 5.74) is 6.82. The highest BCUT2D eigenvalue weighted by Gasteiger charge is 2.06. The first-order valence-electron chi connectivity index (χ1n) is 4.72. The van der Waals surface area contributed by atoms with E-state index in [9.17, 15) is 0 Å². The van der Waals surface area contributed by atoms with Gasteiger partial charge in [-0.3, -0.25) is 0 Å². The summed E-state index contributed by atoms with van der Waals surface area (Å²) in [6.45, 7) is 2.91. The summed E-state index contributed by atoms with van der Waals surface area (Å²) in [5, 5.41) is 0.815. The Labute approximate surface area is 95.0 Å². The van der Waals surface area contributed by atoms with E-state index in [1.54, 1.807) is 11.8 Å². The molecule has 1 aromatic carbocycles. The molecule has 0 fully saturated rings. The molecule has 1 rings (SSSR count). The van der Waals surface area contributed by atoms with Crippen molar-refractivity contribution < 1.29 is 0 Å². The highest BCUT2D eigenvalue weighted by Crippen LogP contribution is 2.27. The topological polar surface area (TPSA) is 26.0 Å². The largest absolute Gasteiger partial charge is 0.330 e. The number of benzene rings is 1. The Hall–Kier alpha value is -0.180. The van der Waals surface area contributed by atoms with Crippen molar-refractivity contribution in [2.75, 3.05) is 12.8 Å². The third kappa shape index (κ3) is 3.19. The van der Waals surface area contributed by atoms with Crippen molar-refractivity contribution >= 4 is 23.4 Å². The van der Waals surface area contributed by atoms with Crippen molar-refractivity contribution in [3.05, 3.63) is 28.8 Å². The van der Waals surface area contributed by atoms with E-state index < -0.39 is 0 Å². The van der Waals surface area contributed by atoms with E-state index in [2.05, 4.69) is 19.2 Å². The fraction of sp³-hybridized carbons (Fsp3) is 0.455. The molecule has 1 nitrogen and oxygen atoms in total. The predicted molar refractivity (Wildman–Crippen MR) is 65.3 cm³/mol. The van der Waals surface area contributed by atoms with Crippen molar-refractivity contribution in [3.8, 4) is 0 Å². The van der Waals surface area contributed by atoms with Gasteiger partial charge < -0.3 is 5.73 Å². The van der Waals surface area contributed by atoms with Crippen LogP contribution in [0.1, 0.15) is 24.8 Å². The van der Waals surface area contributed by atoms with Gasteiger partial charge in [-0.1, -0.05) is 18.5 Å². The summed E-state index contributed by atoms with van der Waals surface area (Å²) in [5.74, 6) is 0.490. The fourth-order valence-electron chi connectivity index (χ4n) is 1.40. The fourth-order valence-corrected chi connectivity index (χ4v) is 2.21. The number of halogens is 1. The molecule has 0 aromatic heterocycles. The van der Waals surface area contributed by atoms with E-state index >= 15 is 0 Å². The molecule has 0 heterocycles. The summed E-state index contributed by atoms with van der Waals surface area (Å²) < 4.78 is 0. The standard InChI is InChI=1S/C11H16ClNS/c1-8(3-4-13)9-5-10(12)7-11(6-9)14-2/h5-8H,3-4,13H2,1-2H3. The molecule has 0 amide bonds. The Morgan fingerprint density at radius 2 is 2.14 bits per heavy atom. The summed E-state index contributed by atoms with van der Waals surface area (Å²) in [6, 6.07) is 6.21. The van der Waals surface area contributed by atoms with E-state index in [0.29, 0.717) is 5.92 Å². The van der Waals surface area contributed by atoms with Crippen LogP contribution in [0.25, 0.3) is 0 Å². The molecule has 0 aliphatic heterocycles. The Morgan fingerprint density at radius 1 is 1.43 bits per heavy atom. The van der Waals surface area contributed by atoms with Crippen LogP contribution in [-0.2, 0) is 0 Å². The molecule has 0 aliphatic carbocycles. The molecule has 0 bridgehead atoms. The van der Waals surface area contributed by atoms with Gasteiger partial charge in [0.2, 0.25) is 0 Å². The minimum atomic E-state index is 0.490. The lowest BCUT2D eigenvalue weighted by molar-refractivity contribution is 0.689. The van der Waals surface area contributed by atoms with Gasteiger partial charge in [0.25, 0.3) is 0 Å². The maximum Gasteiger partial charge on any atom is 0.0419 e. The minimum absolute atomic E-state index is 0.490. The highest BCUT2D eigenvalue weighted by molar-refractivity contribution is 7.98. The zero-order chi connectivity index (χ0) is 10.6. The quantitative estimate of drug-likeness (QED) is 0.800. The first-order chi connectivity index (χ1) is 6.67. The average Bonchev–Trinajstić information content (AvgIpc) is 2.17. The Kier molecular flexibility index (Phi) is 4.79. The van der Waals surface area contributed by atoms with Crippen molar-refractivity contribution in [2.24, 2.45) is 5.73 Å². The van der Waals surface area contributed by atoms with Crippen LogP contribution in [0.5, 0.6) is 0 Å². The van der Waals surface area contributed by atoms with Crippen LogP contribution in [0.15, 0.2) is 23.1 Å². The molecule has 2 N–H and O–H groups in total. The smallest absolute Gasteiger partial charge is 0.0419 e. The zero-order valence-corrected chi connectivity index (χ0v) is 10.2. The van der Waals surface area contributed by atoms with Crippen LogP contribution in [0.3, 0.4) is 0 Å². The monoisotopic (exact) mass is 229 g/mol. The summed E-state index contributed by atoms with van der Waals surface area (Å²) in [4.78, 5) is 1.22. The van der Waals surface area contributed by atoms with Gasteiger partial charge in [-0.15, -0.1) is 11.8 Å². The number of hydrogen-bond acceptors (Lipinski definition) is 2. The van der Waals surface area contributed by atoms with E-state index in [1.807, 2.05) is 12.1 Å². The van der Waals surface area contributed by atoms with Crippen molar-refractivity contribution in [1.29, 1.82) is 0 Å². The van der Waals surface area contributed by atoms with Crippen LogP contribution >= 0.6 is 23.4 Å². The second-order valence-electron chi connectivity index (χ2n) is 3.40. The molecule has 0 aliphatic rings. The van der Waals surface area contributed by atoms with Crippen LogP contribution in [-0.4, -0.2) is 12.8 Å². The van der Waals surface area contributed by atoms with Gasteiger partial charge in [0, 0.05) is 9.92 Å². The molecule has 0 saturated heterocycles. The van der Waals surface area contributed by atoms with Crippen molar-refractivity contribution in [3.63, 3.8) is 0 Å². The molecule has 0 radical (unpaired) electrons. The third-order valence-electron chi connectivity index (χ3n) is 2.30. The van der Waals surface area contributed by atoms with E-state index in [0.717, 1.165) is 18.0 Å². The number of hydrogen-bond donors (Lipinski definition) is 1. The molecule has 0 spiro atoms. The predicted octanol–water partition coefficient (Wildman–Crippen LogP) is 3.51. The molecule has 1 aromatic rings. The molecule has 0 saturated carbocycles. The Balaban J connectivity index is 2.90. The van der Waals surface area contributed by atoms with Gasteiger partial charge >= 0.3 is 0 Å². The molecular weight excluding hydrogens is 214 g/mol. The van der Waals surface area contributed by atoms with Crippen molar-refractivity contribution in [1.82, 2.24) is 0 Å². The maximum atomic E-state index is 6.03. The van der Waals surface area contributed by atoms with E-state index in [1.165, 1.54) is 10.5 Å². The maximum absolute atomic E-state index is 6.03. The van der Waals surface area contributed by atoms with Gasteiger partial charge in [0.1, 0.15) is 0 Å². The lowest BCUT2D eigenvalue weighted by Gasteiger charge is -2.12. The minimum Gasteiger partial charge on any atom is -0.330 e. The molecule has 3 heteroatoms. The van der Waals surface area contributed by atoms with Crippen LogP contribution in [0, 0.1) is 0 Å². The number of nitrogens with two attached hydrogens (primary N) is 1. The van der Waals surface area contributed by atoms with Gasteiger partial charge in [-0.2, -0.15) is 0 Å². The van der Waals surface area contributed by atoms with Crippen LogP contribution < -0.4 is 5.73 Å². The highest BCUT2D eigenvalue weighted by atomic mass is 35.5. The van der Waals surface area contributed by atoms with Crippen LogP contribution in [0.4, 0.5) is 0 Å². The van der Waals surface area contributed by atoms with E-state index in [4.69, 9.17) is 17.3 Å². The van der Waals surface area contributed by atoms with E-state index in [-0.39, 0.29) is 0 Å². The zero-order valence-electron chi connectivity index (χ0n) is 8.59. The van der Waals surface area contributed by atoms with Gasteiger partial charge in [0.05, 0.1) is 0 Å². The summed E-state index contributed by atoms with van der Waals surface area (Å²) >= 11 is 7.75. The molecular formula is C11H16ClNS. The lowest BCUT2D eigenvalue weighted by Crippen LogP contribution is -2.04. The second kappa shape index (κ2) is 5.64. The molecule has 1 unspecified atom stereocenters. The summed E-state index contributed by atoms with van der Waals surface area (Å²) in [7, 11) is 0. The van der Waals surface area contributed by atoms with Crippen molar-refractivity contribution in [2.45, 2.75) is 24.2 Å². The first-order valence-corrected chi connectivity index (χ1v) is 6.32. The molecule has 14 heavy (non-hydrogen) atoms. The van der Waals surface area contributed by atoms with Gasteiger partial charge in [-0.05, 0) is 48.9 Å². The molecule has 78 valence electrons. The number of thioether (sulfide) groups is 1. The normalized spacial score (nSPS) is 12.9. The second-order valence-corrected chi connectivity index (χ2v) is 4.72. The van der Waals surface area contributed by atoms with Gasteiger partial charge in [0.15, 0.2) is 0 Å². The lowest BCUT2D eigenvalue weighted by atomic mass is 9.98. The average molecular weight is 230 g/mol. The SMILES string of the molecule is CSc1cc(Cl)cc(C(C)CCN)c1. The number of rotatable bonds is 4. The van der Waals surface area contributed by atoms with Gasteiger partial charge in [-0.25, -0.2) is 0 Å². The summed E-state index contributed by atoms with van der Waals surface area (Å²) in [6.07, 6.45) is 3.07. The Bertz CT molecular complexity index is 301. The third-order valence-corrected chi connectivity index (χ3v) is 3.22. The first kappa shape index (κ1) is 11.9. The molecule has 1 atom stereocenters.